The van der Waals surface area contributed by atoms with Crippen LogP contribution in [0.1, 0.15) is 17.5 Å². The van der Waals surface area contributed by atoms with Gasteiger partial charge in [-0.3, -0.25) is 4.98 Å². The number of rotatable bonds is 6. The van der Waals surface area contributed by atoms with Gasteiger partial charge in [0.25, 0.3) is 0 Å². The summed E-state index contributed by atoms with van der Waals surface area (Å²) in [6, 6.07) is 10.5. The second-order valence-corrected chi connectivity index (χ2v) is 6.09. The SMILES string of the molecule is Cc1ccc(COc2cncc(N3CCOCC3CCO)c2)cc1. The van der Waals surface area contributed by atoms with Gasteiger partial charge in [-0.1, -0.05) is 29.8 Å². The molecule has 128 valence electrons. The third kappa shape index (κ3) is 4.24. The van der Waals surface area contributed by atoms with Crippen molar-refractivity contribution in [2.45, 2.75) is 26.0 Å². The van der Waals surface area contributed by atoms with Crippen LogP contribution < -0.4 is 9.64 Å². The van der Waals surface area contributed by atoms with Gasteiger partial charge in [-0.2, -0.15) is 0 Å². The van der Waals surface area contributed by atoms with Crippen LogP contribution in [-0.2, 0) is 11.3 Å². The summed E-state index contributed by atoms with van der Waals surface area (Å²) in [6.45, 7) is 4.87. The topological polar surface area (TPSA) is 54.8 Å². The number of aliphatic hydroxyl groups excluding tert-OH is 1. The normalized spacial score (nSPS) is 17.8. The van der Waals surface area contributed by atoms with E-state index in [9.17, 15) is 5.11 Å². The molecule has 0 radical (unpaired) electrons. The van der Waals surface area contributed by atoms with Crippen LogP contribution in [0.4, 0.5) is 5.69 Å². The van der Waals surface area contributed by atoms with Crippen LogP contribution in [0.3, 0.4) is 0 Å². The Morgan fingerprint density at radius 3 is 2.92 bits per heavy atom. The molecular weight excluding hydrogens is 304 g/mol. The summed E-state index contributed by atoms with van der Waals surface area (Å²) in [5.74, 6) is 0.752. The fourth-order valence-corrected chi connectivity index (χ4v) is 2.88. The summed E-state index contributed by atoms with van der Waals surface area (Å²) in [5.41, 5.74) is 3.39. The smallest absolute Gasteiger partial charge is 0.140 e. The Bertz CT molecular complexity index is 643. The van der Waals surface area contributed by atoms with Gasteiger partial charge in [0.15, 0.2) is 0 Å². The number of ether oxygens (including phenoxy) is 2. The quantitative estimate of drug-likeness (QED) is 0.883. The molecule has 0 aliphatic carbocycles. The lowest BCUT2D eigenvalue weighted by molar-refractivity contribution is 0.0849. The minimum atomic E-state index is 0.154. The van der Waals surface area contributed by atoms with Gasteiger partial charge in [-0.15, -0.1) is 0 Å². The van der Waals surface area contributed by atoms with Crippen molar-refractivity contribution in [1.82, 2.24) is 4.98 Å². The van der Waals surface area contributed by atoms with Gasteiger partial charge >= 0.3 is 0 Å². The fraction of sp³-hybridized carbons (Fsp3) is 0.421. The molecule has 1 aromatic heterocycles. The number of aliphatic hydroxyl groups is 1. The Balaban J connectivity index is 1.67. The van der Waals surface area contributed by atoms with Crippen molar-refractivity contribution in [3.05, 3.63) is 53.9 Å². The Morgan fingerprint density at radius 2 is 2.12 bits per heavy atom. The first-order valence-corrected chi connectivity index (χ1v) is 8.35. The zero-order valence-corrected chi connectivity index (χ0v) is 14.0. The highest BCUT2D eigenvalue weighted by Crippen LogP contribution is 2.25. The zero-order valence-electron chi connectivity index (χ0n) is 14.0. The number of nitrogens with zero attached hydrogens (tertiary/aromatic N) is 2. The molecule has 0 saturated carbocycles. The van der Waals surface area contributed by atoms with Gasteiger partial charge in [0.05, 0.1) is 37.3 Å². The van der Waals surface area contributed by atoms with Crippen molar-refractivity contribution >= 4 is 5.69 Å². The average molecular weight is 328 g/mol. The minimum Gasteiger partial charge on any atom is -0.487 e. The Kier molecular flexibility index (Phi) is 5.67. The molecule has 2 heterocycles. The van der Waals surface area contributed by atoms with Crippen LogP contribution in [0.15, 0.2) is 42.7 Å². The molecule has 24 heavy (non-hydrogen) atoms. The maximum Gasteiger partial charge on any atom is 0.140 e. The lowest BCUT2D eigenvalue weighted by Gasteiger charge is -2.37. The number of hydrogen-bond acceptors (Lipinski definition) is 5. The molecule has 5 nitrogen and oxygen atoms in total. The van der Waals surface area contributed by atoms with Crippen LogP contribution in [0.5, 0.6) is 5.75 Å². The molecule has 1 fully saturated rings. The average Bonchev–Trinajstić information content (AvgIpc) is 2.62. The third-order valence-electron chi connectivity index (χ3n) is 4.25. The van der Waals surface area contributed by atoms with Crippen molar-refractivity contribution in [3.8, 4) is 5.75 Å². The summed E-state index contributed by atoms with van der Waals surface area (Å²) in [5, 5.41) is 9.25. The summed E-state index contributed by atoms with van der Waals surface area (Å²) in [7, 11) is 0. The van der Waals surface area contributed by atoms with E-state index in [0.717, 1.165) is 23.5 Å². The van der Waals surface area contributed by atoms with Gasteiger partial charge in [0.1, 0.15) is 12.4 Å². The van der Waals surface area contributed by atoms with Crippen molar-refractivity contribution < 1.29 is 14.6 Å². The second-order valence-electron chi connectivity index (χ2n) is 6.09. The van der Waals surface area contributed by atoms with Gasteiger partial charge in [0, 0.05) is 19.2 Å². The van der Waals surface area contributed by atoms with Crippen LogP contribution in [0.2, 0.25) is 0 Å². The van der Waals surface area contributed by atoms with Crippen molar-refractivity contribution in [1.29, 1.82) is 0 Å². The highest BCUT2D eigenvalue weighted by atomic mass is 16.5. The third-order valence-corrected chi connectivity index (χ3v) is 4.25. The molecule has 1 unspecified atom stereocenters. The molecule has 0 amide bonds. The standard InChI is InChI=1S/C19H24N2O3/c1-15-2-4-16(5-3-15)13-24-19-10-18(11-20-12-19)21-7-9-23-14-17(21)6-8-22/h2-5,10-12,17,22H,6-9,13-14H2,1H3. The number of aromatic nitrogens is 1. The molecule has 0 bridgehead atoms. The molecule has 0 spiro atoms. The molecule has 1 aliphatic rings. The lowest BCUT2D eigenvalue weighted by Crippen LogP contribution is -2.46. The molecule has 2 aromatic rings. The Morgan fingerprint density at radius 1 is 1.29 bits per heavy atom. The number of anilines is 1. The number of pyridine rings is 1. The predicted molar refractivity (Wildman–Crippen MR) is 93.4 cm³/mol. The summed E-state index contributed by atoms with van der Waals surface area (Å²) in [6.07, 6.45) is 4.27. The molecular formula is C19H24N2O3. The predicted octanol–water partition coefficient (Wildman–Crippen LogP) is 2.56. The van der Waals surface area contributed by atoms with E-state index in [-0.39, 0.29) is 12.6 Å². The number of aryl methyl sites for hydroxylation is 1. The first-order chi connectivity index (χ1) is 11.8. The molecule has 3 rings (SSSR count). The van der Waals surface area contributed by atoms with Crippen LogP contribution in [-0.4, -0.2) is 42.5 Å². The van der Waals surface area contributed by atoms with Crippen molar-refractivity contribution in [2.75, 3.05) is 31.3 Å². The molecule has 1 aliphatic heterocycles. The van der Waals surface area contributed by atoms with E-state index in [1.807, 2.05) is 12.3 Å². The van der Waals surface area contributed by atoms with E-state index in [0.29, 0.717) is 26.2 Å². The Labute approximate surface area is 142 Å². The van der Waals surface area contributed by atoms with Gasteiger partial charge < -0.3 is 19.5 Å². The van der Waals surface area contributed by atoms with E-state index >= 15 is 0 Å². The maximum atomic E-state index is 9.25. The zero-order chi connectivity index (χ0) is 16.8. The summed E-state index contributed by atoms with van der Waals surface area (Å²) >= 11 is 0. The van der Waals surface area contributed by atoms with Gasteiger partial charge in [0.2, 0.25) is 0 Å². The van der Waals surface area contributed by atoms with Gasteiger partial charge in [-0.05, 0) is 18.9 Å². The lowest BCUT2D eigenvalue weighted by atomic mass is 10.1. The first kappa shape index (κ1) is 16.7. The van der Waals surface area contributed by atoms with E-state index in [1.54, 1.807) is 6.20 Å². The largest absolute Gasteiger partial charge is 0.487 e. The van der Waals surface area contributed by atoms with Crippen LogP contribution in [0.25, 0.3) is 0 Å². The highest BCUT2D eigenvalue weighted by Gasteiger charge is 2.23. The van der Waals surface area contributed by atoms with E-state index in [4.69, 9.17) is 9.47 Å². The highest BCUT2D eigenvalue weighted by molar-refractivity contribution is 5.49. The molecule has 1 aromatic carbocycles. The van der Waals surface area contributed by atoms with E-state index < -0.39 is 0 Å². The minimum absolute atomic E-state index is 0.154. The molecule has 1 N–H and O–H groups in total. The maximum absolute atomic E-state index is 9.25. The fourth-order valence-electron chi connectivity index (χ4n) is 2.88. The van der Waals surface area contributed by atoms with E-state index in [1.165, 1.54) is 5.56 Å². The molecule has 1 saturated heterocycles. The summed E-state index contributed by atoms with van der Waals surface area (Å²) < 4.78 is 11.4. The Hall–Kier alpha value is -2.11. The monoisotopic (exact) mass is 328 g/mol. The number of hydrogen-bond donors (Lipinski definition) is 1. The number of morpholine rings is 1. The number of benzene rings is 1. The van der Waals surface area contributed by atoms with Crippen molar-refractivity contribution in [2.24, 2.45) is 0 Å². The van der Waals surface area contributed by atoms with Crippen LogP contribution in [0, 0.1) is 6.92 Å². The first-order valence-electron chi connectivity index (χ1n) is 8.35. The molecule has 5 heteroatoms. The van der Waals surface area contributed by atoms with Crippen molar-refractivity contribution in [3.63, 3.8) is 0 Å². The van der Waals surface area contributed by atoms with E-state index in [2.05, 4.69) is 41.1 Å². The second kappa shape index (κ2) is 8.13. The van der Waals surface area contributed by atoms with Crippen LogP contribution >= 0.6 is 0 Å². The molecule has 1 atom stereocenters. The summed E-state index contributed by atoms with van der Waals surface area (Å²) in [4.78, 5) is 6.55. The van der Waals surface area contributed by atoms with Gasteiger partial charge in [-0.25, -0.2) is 0 Å².